The monoisotopic (exact) mass is 488 g/mol. The van der Waals surface area contributed by atoms with Crippen LogP contribution in [0.25, 0.3) is 21.5 Å². The summed E-state index contributed by atoms with van der Waals surface area (Å²) in [5, 5.41) is 5.61. The minimum atomic E-state index is 0. The van der Waals surface area contributed by atoms with E-state index < -0.39 is 0 Å². The molecule has 4 aromatic rings. The van der Waals surface area contributed by atoms with Gasteiger partial charge in [-0.05, 0) is 11.8 Å². The number of unbranched alkanes of at least 4 members (excludes halogenated alkanes) is 1. The zero-order valence-corrected chi connectivity index (χ0v) is 22.7. The quantitative estimate of drug-likeness (QED) is 0.251. The standard InChI is InChI=1S/2C13H15.C4H8.Zr/c2*1-9(2)12-6-4-5-11-7-10(3)8-13(11)12;1-3-4-2;/h2*4-9H,1-3H3;1-4H2;/q2*-1;-2;+4. The average Bonchev–Trinajstić information content (AvgIpc) is 3.28. The molecule has 31 heavy (non-hydrogen) atoms. The van der Waals surface area contributed by atoms with Gasteiger partial charge in [0.1, 0.15) is 0 Å². The van der Waals surface area contributed by atoms with E-state index in [2.05, 4.69) is 116 Å². The van der Waals surface area contributed by atoms with E-state index in [0.29, 0.717) is 11.8 Å². The zero-order valence-electron chi connectivity index (χ0n) is 20.3. The summed E-state index contributed by atoms with van der Waals surface area (Å²) in [6, 6.07) is 22.2. The van der Waals surface area contributed by atoms with Crippen molar-refractivity contribution in [2.75, 3.05) is 0 Å². The maximum Gasteiger partial charge on any atom is 4.00 e. The second kappa shape index (κ2) is 13.2. The second-order valence-corrected chi connectivity index (χ2v) is 8.78. The van der Waals surface area contributed by atoms with E-state index in [1.807, 2.05) is 0 Å². The van der Waals surface area contributed by atoms with E-state index >= 15 is 0 Å². The Labute approximate surface area is 209 Å². The van der Waals surface area contributed by atoms with Crippen molar-refractivity contribution >= 4 is 21.5 Å². The Bertz CT molecular complexity index is 957. The minimum Gasteiger partial charge on any atom is -0.346 e. The molecule has 0 amide bonds. The van der Waals surface area contributed by atoms with Crippen molar-refractivity contribution in [3.05, 3.63) is 96.8 Å². The molecule has 0 bridgehead atoms. The Morgan fingerprint density at radius 2 is 1.03 bits per heavy atom. The molecule has 4 aromatic carbocycles. The van der Waals surface area contributed by atoms with Crippen molar-refractivity contribution in [1.29, 1.82) is 0 Å². The van der Waals surface area contributed by atoms with Crippen LogP contribution in [0.5, 0.6) is 0 Å². The van der Waals surface area contributed by atoms with Gasteiger partial charge in [-0.15, -0.1) is 69.1 Å². The van der Waals surface area contributed by atoms with Crippen LogP contribution in [0, 0.1) is 27.7 Å². The molecule has 0 atom stereocenters. The summed E-state index contributed by atoms with van der Waals surface area (Å²) in [5.41, 5.74) is 5.66. The number of aryl methyl sites for hydroxylation is 2. The molecule has 0 saturated carbocycles. The van der Waals surface area contributed by atoms with Crippen LogP contribution < -0.4 is 0 Å². The van der Waals surface area contributed by atoms with Gasteiger partial charge < -0.3 is 13.8 Å². The fourth-order valence-electron chi connectivity index (χ4n) is 3.82. The van der Waals surface area contributed by atoms with Gasteiger partial charge in [-0.1, -0.05) is 64.8 Å². The molecule has 0 spiro atoms. The summed E-state index contributed by atoms with van der Waals surface area (Å²) >= 11 is 0. The second-order valence-electron chi connectivity index (χ2n) is 8.78. The van der Waals surface area contributed by atoms with Crippen molar-refractivity contribution in [2.45, 2.75) is 66.2 Å². The van der Waals surface area contributed by atoms with Gasteiger partial charge >= 0.3 is 26.2 Å². The van der Waals surface area contributed by atoms with Crippen LogP contribution in [-0.2, 0) is 26.2 Å². The van der Waals surface area contributed by atoms with Gasteiger partial charge in [0.2, 0.25) is 0 Å². The Morgan fingerprint density at radius 1 is 0.677 bits per heavy atom. The Morgan fingerprint density at radius 3 is 1.32 bits per heavy atom. The number of fused-ring (bicyclic) bond motifs is 2. The van der Waals surface area contributed by atoms with Crippen molar-refractivity contribution in [1.82, 2.24) is 0 Å². The SMILES string of the molecule is Cc1cc2c(C(C)C)cccc2[cH-]1.Cc1cc2c(C(C)C)cccc2[cH-]1.[CH2-]CC[CH2-].[Zr+4]. The zero-order chi connectivity index (χ0) is 22.3. The van der Waals surface area contributed by atoms with Crippen molar-refractivity contribution in [2.24, 2.45) is 0 Å². The van der Waals surface area contributed by atoms with Crippen LogP contribution in [0.1, 0.15) is 74.6 Å². The minimum absolute atomic E-state index is 0. The molecule has 0 nitrogen and oxygen atoms in total. The molecule has 0 unspecified atom stereocenters. The Kier molecular flexibility index (Phi) is 11.7. The van der Waals surface area contributed by atoms with E-state index in [0.717, 1.165) is 12.8 Å². The molecule has 0 fully saturated rings. The predicted octanol–water partition coefficient (Wildman–Crippen LogP) is 9.41. The molecule has 0 aliphatic carbocycles. The molecular weight excluding hydrogens is 452 g/mol. The molecule has 0 saturated heterocycles. The molecule has 0 radical (unpaired) electrons. The molecule has 0 N–H and O–H groups in total. The fourth-order valence-corrected chi connectivity index (χ4v) is 3.82. The summed E-state index contributed by atoms with van der Waals surface area (Å²) in [6.07, 6.45) is 1.92. The third-order valence-electron chi connectivity index (χ3n) is 5.35. The predicted molar refractivity (Wildman–Crippen MR) is 137 cm³/mol. The van der Waals surface area contributed by atoms with Gasteiger partial charge in [-0.25, -0.2) is 12.8 Å². The maximum absolute atomic E-state index is 3.54. The summed E-state index contributed by atoms with van der Waals surface area (Å²) in [5.74, 6) is 1.23. The van der Waals surface area contributed by atoms with Gasteiger partial charge in [0, 0.05) is 0 Å². The topological polar surface area (TPSA) is 0 Å². The summed E-state index contributed by atoms with van der Waals surface area (Å²) < 4.78 is 0. The maximum atomic E-state index is 3.54. The van der Waals surface area contributed by atoms with E-state index in [-0.39, 0.29) is 26.2 Å². The third-order valence-corrected chi connectivity index (χ3v) is 5.35. The van der Waals surface area contributed by atoms with Crippen LogP contribution >= 0.6 is 0 Å². The van der Waals surface area contributed by atoms with Gasteiger partial charge in [0.25, 0.3) is 0 Å². The van der Waals surface area contributed by atoms with E-state index in [1.165, 1.54) is 43.8 Å². The first kappa shape index (κ1) is 27.6. The van der Waals surface area contributed by atoms with Crippen LogP contribution in [0.4, 0.5) is 0 Å². The largest absolute Gasteiger partial charge is 4.00 e. The van der Waals surface area contributed by atoms with Crippen molar-refractivity contribution < 1.29 is 26.2 Å². The molecule has 162 valence electrons. The van der Waals surface area contributed by atoms with Crippen molar-refractivity contribution in [3.8, 4) is 0 Å². The molecule has 4 rings (SSSR count). The third kappa shape index (κ3) is 7.57. The first-order valence-electron chi connectivity index (χ1n) is 11.2. The van der Waals surface area contributed by atoms with Gasteiger partial charge in [-0.2, -0.15) is 12.1 Å². The van der Waals surface area contributed by atoms with E-state index in [9.17, 15) is 0 Å². The Balaban J connectivity index is 0.000000258. The smallest absolute Gasteiger partial charge is 0.346 e. The van der Waals surface area contributed by atoms with E-state index in [1.54, 1.807) is 0 Å². The molecule has 0 aliphatic heterocycles. The van der Waals surface area contributed by atoms with Gasteiger partial charge in [0.15, 0.2) is 0 Å². The number of rotatable bonds is 3. The van der Waals surface area contributed by atoms with Crippen LogP contribution in [0.3, 0.4) is 0 Å². The first-order chi connectivity index (χ1) is 14.3. The number of hydrogen-bond acceptors (Lipinski definition) is 0. The van der Waals surface area contributed by atoms with Crippen molar-refractivity contribution in [3.63, 3.8) is 0 Å². The molecule has 1 heteroatoms. The fraction of sp³-hybridized carbons (Fsp3) is 0.333. The van der Waals surface area contributed by atoms with Crippen LogP contribution in [0.15, 0.2) is 60.7 Å². The summed E-state index contributed by atoms with van der Waals surface area (Å²) in [4.78, 5) is 0. The van der Waals surface area contributed by atoms with Crippen LogP contribution in [-0.4, -0.2) is 0 Å². The average molecular weight is 490 g/mol. The van der Waals surface area contributed by atoms with Gasteiger partial charge in [0.05, 0.1) is 0 Å². The van der Waals surface area contributed by atoms with E-state index in [4.69, 9.17) is 0 Å². The van der Waals surface area contributed by atoms with Gasteiger partial charge in [-0.3, -0.25) is 0 Å². The summed E-state index contributed by atoms with van der Waals surface area (Å²) in [7, 11) is 0. The summed E-state index contributed by atoms with van der Waals surface area (Å²) in [6.45, 7) is 20.4. The molecular formula is C30H38Zr. The molecule has 0 aromatic heterocycles. The first-order valence-corrected chi connectivity index (χ1v) is 11.2. The number of hydrogen-bond donors (Lipinski definition) is 0. The normalized spacial score (nSPS) is 10.5. The molecule has 0 heterocycles. The van der Waals surface area contributed by atoms with Crippen LogP contribution in [0.2, 0.25) is 0 Å². The Hall–Kier alpha value is -1.46. The molecule has 0 aliphatic rings. The number of benzene rings is 2.